The van der Waals surface area contributed by atoms with Crippen LogP contribution >= 0.6 is 15.9 Å². The van der Waals surface area contributed by atoms with Gasteiger partial charge in [0.25, 0.3) is 0 Å². The zero-order valence-corrected chi connectivity index (χ0v) is 13.0. The van der Waals surface area contributed by atoms with Crippen molar-refractivity contribution in [2.75, 3.05) is 24.5 Å². The smallest absolute Gasteiger partial charge is 0.0380 e. The molecule has 1 aromatic carbocycles. The molecule has 0 aliphatic carbocycles. The number of hydrogen-bond acceptors (Lipinski definition) is 2. The van der Waals surface area contributed by atoms with Crippen LogP contribution in [0.15, 0.2) is 22.7 Å². The summed E-state index contributed by atoms with van der Waals surface area (Å²) in [6, 6.07) is 7.33. The molecule has 18 heavy (non-hydrogen) atoms. The van der Waals surface area contributed by atoms with Crippen LogP contribution in [0.5, 0.6) is 0 Å². The van der Waals surface area contributed by atoms with Crippen LogP contribution in [0.2, 0.25) is 0 Å². The van der Waals surface area contributed by atoms with E-state index in [0.29, 0.717) is 6.04 Å². The summed E-state index contributed by atoms with van der Waals surface area (Å²) < 4.78 is 1.18. The van der Waals surface area contributed by atoms with Gasteiger partial charge < -0.3 is 10.2 Å². The molecule has 0 saturated carbocycles. The summed E-state index contributed by atoms with van der Waals surface area (Å²) in [5, 5.41) is 3.66. The Labute approximate surface area is 119 Å². The maximum Gasteiger partial charge on any atom is 0.0380 e. The molecule has 2 rings (SSSR count). The van der Waals surface area contributed by atoms with Crippen LogP contribution in [0.3, 0.4) is 0 Å². The minimum Gasteiger partial charge on any atom is -0.370 e. The normalized spacial score (nSPS) is 20.8. The number of benzene rings is 1. The number of nitrogens with zero attached hydrogens (tertiary/aromatic N) is 1. The van der Waals surface area contributed by atoms with Crippen LogP contribution in [0, 0.1) is 6.92 Å². The van der Waals surface area contributed by atoms with Crippen molar-refractivity contribution in [3.8, 4) is 0 Å². The second kappa shape index (κ2) is 6.58. The van der Waals surface area contributed by atoms with E-state index in [-0.39, 0.29) is 0 Å². The molecule has 1 aromatic rings. The Bertz CT molecular complexity index is 372. The monoisotopic (exact) mass is 310 g/mol. The van der Waals surface area contributed by atoms with Gasteiger partial charge >= 0.3 is 0 Å². The SMILES string of the molecule is CCCC1CN(c2cc(C)cc(Br)c2)CCCN1. The average Bonchev–Trinajstić information content (AvgIpc) is 2.54. The molecule has 1 unspecified atom stereocenters. The van der Waals surface area contributed by atoms with E-state index in [9.17, 15) is 0 Å². The van der Waals surface area contributed by atoms with Gasteiger partial charge in [-0.1, -0.05) is 29.3 Å². The molecule has 2 nitrogen and oxygen atoms in total. The number of halogens is 1. The number of hydrogen-bond donors (Lipinski definition) is 1. The number of anilines is 1. The molecule has 1 fully saturated rings. The van der Waals surface area contributed by atoms with E-state index < -0.39 is 0 Å². The molecule has 1 aliphatic heterocycles. The Hall–Kier alpha value is -0.540. The Morgan fingerprint density at radius 3 is 2.94 bits per heavy atom. The quantitative estimate of drug-likeness (QED) is 0.915. The van der Waals surface area contributed by atoms with E-state index in [1.807, 2.05) is 0 Å². The number of aryl methyl sites for hydroxylation is 1. The van der Waals surface area contributed by atoms with Gasteiger partial charge in [0.15, 0.2) is 0 Å². The molecule has 0 aromatic heterocycles. The second-order valence-electron chi connectivity index (χ2n) is 5.23. The molecule has 1 atom stereocenters. The Kier molecular flexibility index (Phi) is 5.07. The molecule has 0 radical (unpaired) electrons. The standard InChI is InChI=1S/C15H23BrN2/c1-3-5-14-11-18(7-4-6-17-14)15-9-12(2)8-13(16)10-15/h8-10,14,17H,3-7,11H2,1-2H3. The summed E-state index contributed by atoms with van der Waals surface area (Å²) in [6.07, 6.45) is 3.75. The van der Waals surface area contributed by atoms with Crippen molar-refractivity contribution in [2.24, 2.45) is 0 Å². The van der Waals surface area contributed by atoms with Crippen LogP contribution in [0.4, 0.5) is 5.69 Å². The summed E-state index contributed by atoms with van der Waals surface area (Å²) in [5.74, 6) is 0. The molecule has 1 aliphatic rings. The van der Waals surface area contributed by atoms with Crippen LogP contribution in [0.25, 0.3) is 0 Å². The average molecular weight is 311 g/mol. The van der Waals surface area contributed by atoms with Gasteiger partial charge in [-0.15, -0.1) is 0 Å². The van der Waals surface area contributed by atoms with Crippen molar-refractivity contribution in [2.45, 2.75) is 39.2 Å². The van der Waals surface area contributed by atoms with E-state index in [2.05, 4.69) is 58.2 Å². The zero-order valence-electron chi connectivity index (χ0n) is 11.4. The first-order valence-corrected chi connectivity index (χ1v) is 7.74. The first-order valence-electron chi connectivity index (χ1n) is 6.94. The van der Waals surface area contributed by atoms with Crippen molar-refractivity contribution in [3.05, 3.63) is 28.2 Å². The van der Waals surface area contributed by atoms with Crippen molar-refractivity contribution >= 4 is 21.6 Å². The van der Waals surface area contributed by atoms with Gasteiger partial charge in [-0.25, -0.2) is 0 Å². The van der Waals surface area contributed by atoms with Crippen molar-refractivity contribution < 1.29 is 0 Å². The van der Waals surface area contributed by atoms with Gasteiger partial charge in [-0.2, -0.15) is 0 Å². The predicted octanol–water partition coefficient (Wildman–Crippen LogP) is 3.73. The Morgan fingerprint density at radius 1 is 1.39 bits per heavy atom. The van der Waals surface area contributed by atoms with E-state index >= 15 is 0 Å². The fourth-order valence-corrected chi connectivity index (χ4v) is 3.27. The molecule has 3 heteroatoms. The Balaban J connectivity index is 2.14. The van der Waals surface area contributed by atoms with E-state index in [4.69, 9.17) is 0 Å². The highest BCUT2D eigenvalue weighted by atomic mass is 79.9. The molecule has 100 valence electrons. The van der Waals surface area contributed by atoms with Gasteiger partial charge in [0, 0.05) is 29.3 Å². The lowest BCUT2D eigenvalue weighted by molar-refractivity contribution is 0.502. The van der Waals surface area contributed by atoms with Crippen LogP contribution in [0.1, 0.15) is 31.7 Å². The molecule has 1 heterocycles. The lowest BCUT2D eigenvalue weighted by Crippen LogP contribution is -2.37. The molecule has 0 spiro atoms. The summed E-state index contributed by atoms with van der Waals surface area (Å²) in [4.78, 5) is 2.53. The van der Waals surface area contributed by atoms with E-state index in [0.717, 1.165) is 19.6 Å². The number of nitrogens with one attached hydrogen (secondary N) is 1. The van der Waals surface area contributed by atoms with Crippen molar-refractivity contribution in [1.82, 2.24) is 5.32 Å². The topological polar surface area (TPSA) is 15.3 Å². The first kappa shape index (κ1) is 13.9. The highest BCUT2D eigenvalue weighted by Gasteiger charge is 2.17. The zero-order chi connectivity index (χ0) is 13.0. The fraction of sp³-hybridized carbons (Fsp3) is 0.600. The lowest BCUT2D eigenvalue weighted by atomic mass is 10.1. The minimum atomic E-state index is 0.636. The third kappa shape index (κ3) is 3.72. The molecular formula is C15H23BrN2. The molecule has 0 bridgehead atoms. The maximum absolute atomic E-state index is 3.66. The van der Waals surface area contributed by atoms with E-state index in [1.54, 1.807) is 0 Å². The Morgan fingerprint density at radius 2 is 2.22 bits per heavy atom. The van der Waals surface area contributed by atoms with Crippen LogP contribution in [-0.2, 0) is 0 Å². The van der Waals surface area contributed by atoms with E-state index in [1.165, 1.54) is 35.0 Å². The third-order valence-corrected chi connectivity index (χ3v) is 3.97. The summed E-state index contributed by atoms with van der Waals surface area (Å²) >= 11 is 3.60. The van der Waals surface area contributed by atoms with Crippen LogP contribution in [-0.4, -0.2) is 25.7 Å². The second-order valence-corrected chi connectivity index (χ2v) is 6.14. The molecule has 0 amide bonds. The van der Waals surface area contributed by atoms with Crippen molar-refractivity contribution in [1.29, 1.82) is 0 Å². The summed E-state index contributed by atoms with van der Waals surface area (Å²) in [7, 11) is 0. The maximum atomic E-state index is 3.66. The third-order valence-electron chi connectivity index (χ3n) is 3.51. The number of rotatable bonds is 3. The summed E-state index contributed by atoms with van der Waals surface area (Å²) in [6.45, 7) is 7.86. The minimum absolute atomic E-state index is 0.636. The lowest BCUT2D eigenvalue weighted by Gasteiger charge is -2.27. The molecule has 1 saturated heterocycles. The van der Waals surface area contributed by atoms with Crippen LogP contribution < -0.4 is 10.2 Å². The van der Waals surface area contributed by atoms with Gasteiger partial charge in [-0.05, 0) is 50.1 Å². The first-order chi connectivity index (χ1) is 8.69. The van der Waals surface area contributed by atoms with Crippen molar-refractivity contribution in [3.63, 3.8) is 0 Å². The highest BCUT2D eigenvalue weighted by Crippen LogP contribution is 2.24. The summed E-state index contributed by atoms with van der Waals surface area (Å²) in [5.41, 5.74) is 2.68. The molecular weight excluding hydrogens is 288 g/mol. The highest BCUT2D eigenvalue weighted by molar-refractivity contribution is 9.10. The predicted molar refractivity (Wildman–Crippen MR) is 82.4 cm³/mol. The van der Waals surface area contributed by atoms with Gasteiger partial charge in [0.2, 0.25) is 0 Å². The fourth-order valence-electron chi connectivity index (χ4n) is 2.67. The van der Waals surface area contributed by atoms with Gasteiger partial charge in [0.1, 0.15) is 0 Å². The van der Waals surface area contributed by atoms with Gasteiger partial charge in [-0.3, -0.25) is 0 Å². The van der Waals surface area contributed by atoms with Gasteiger partial charge in [0.05, 0.1) is 0 Å². The molecule has 1 N–H and O–H groups in total. The largest absolute Gasteiger partial charge is 0.370 e.